The Morgan fingerprint density at radius 2 is 1.87 bits per heavy atom. The summed E-state index contributed by atoms with van der Waals surface area (Å²) in [4.78, 5) is 16.8. The van der Waals surface area contributed by atoms with E-state index < -0.39 is 0 Å². The van der Waals surface area contributed by atoms with Gasteiger partial charge in [0.25, 0.3) is 0 Å². The lowest BCUT2D eigenvalue weighted by molar-refractivity contribution is -0.151. The highest BCUT2D eigenvalue weighted by Gasteiger charge is 2.50. The number of ether oxygens (including phenoxy) is 1. The summed E-state index contributed by atoms with van der Waals surface area (Å²) in [6.07, 6.45) is 0. The van der Waals surface area contributed by atoms with Gasteiger partial charge in [-0.05, 0) is 14.1 Å². The molecular weight excluding hydrogens is 192 g/mol. The summed E-state index contributed by atoms with van der Waals surface area (Å²) < 4.78 is 5.25. The van der Waals surface area contributed by atoms with Gasteiger partial charge in [-0.2, -0.15) is 0 Å². The Morgan fingerprint density at radius 3 is 2.33 bits per heavy atom. The predicted octanol–water partition coefficient (Wildman–Crippen LogP) is -0.305. The van der Waals surface area contributed by atoms with Crippen LogP contribution in [0.3, 0.4) is 0 Å². The first-order valence-electron chi connectivity index (χ1n) is 5.48. The molecule has 4 heteroatoms. The molecule has 0 aromatic heterocycles. The molecule has 2 heterocycles. The van der Waals surface area contributed by atoms with Crippen LogP contribution in [0.1, 0.15) is 0 Å². The van der Waals surface area contributed by atoms with Crippen LogP contribution in [0.2, 0.25) is 0 Å². The molecule has 0 aliphatic carbocycles. The zero-order valence-corrected chi connectivity index (χ0v) is 9.82. The van der Waals surface area contributed by atoms with Gasteiger partial charge in [-0.3, -0.25) is 4.79 Å². The van der Waals surface area contributed by atoms with Gasteiger partial charge in [-0.1, -0.05) is 0 Å². The molecule has 2 rings (SSSR count). The van der Waals surface area contributed by atoms with Crippen LogP contribution >= 0.6 is 0 Å². The second kappa shape index (κ2) is 3.85. The Labute approximate surface area is 91.2 Å². The van der Waals surface area contributed by atoms with Crippen molar-refractivity contribution in [3.8, 4) is 0 Å². The smallest absolute Gasteiger partial charge is 0.149 e. The number of methoxy groups -OCH3 is 1. The number of piperidine rings is 2. The molecular formula is C11H20N2O2. The normalized spacial score (nSPS) is 38.3. The maximum atomic E-state index is 12.3. The third-order valence-corrected chi connectivity index (χ3v) is 3.52. The number of fused-ring (bicyclic) bond motifs is 2. The fraction of sp³-hybridized carbons (Fsp3) is 0.909. The molecule has 0 radical (unpaired) electrons. The van der Waals surface area contributed by atoms with Gasteiger partial charge in [0.2, 0.25) is 0 Å². The number of hydrogen-bond donors (Lipinski definition) is 0. The quantitative estimate of drug-likeness (QED) is 0.629. The van der Waals surface area contributed by atoms with Crippen molar-refractivity contribution < 1.29 is 9.53 Å². The monoisotopic (exact) mass is 212 g/mol. The molecule has 2 saturated heterocycles. The van der Waals surface area contributed by atoms with E-state index in [1.54, 1.807) is 7.11 Å². The van der Waals surface area contributed by atoms with E-state index in [-0.39, 0.29) is 11.3 Å². The molecule has 0 atom stereocenters. The third-order valence-electron chi connectivity index (χ3n) is 3.52. The second-order valence-electron chi connectivity index (χ2n) is 5.17. The largest absolute Gasteiger partial charge is 0.384 e. The van der Waals surface area contributed by atoms with Crippen LogP contribution in [0.5, 0.6) is 0 Å². The highest BCUT2D eigenvalue weighted by molar-refractivity contribution is 5.89. The van der Waals surface area contributed by atoms with E-state index in [4.69, 9.17) is 4.74 Å². The second-order valence-corrected chi connectivity index (χ2v) is 5.17. The van der Waals surface area contributed by atoms with E-state index in [0.29, 0.717) is 12.4 Å². The van der Waals surface area contributed by atoms with E-state index in [9.17, 15) is 4.79 Å². The lowest BCUT2D eigenvalue weighted by Gasteiger charge is -2.49. The number of likely N-dealkylation sites (tertiary alicyclic amines) is 2. The van der Waals surface area contributed by atoms with Crippen molar-refractivity contribution in [1.82, 2.24) is 9.80 Å². The summed E-state index contributed by atoms with van der Waals surface area (Å²) in [6, 6.07) is 0. The average molecular weight is 212 g/mol. The minimum absolute atomic E-state index is 0.178. The van der Waals surface area contributed by atoms with E-state index in [1.807, 2.05) is 0 Å². The van der Waals surface area contributed by atoms with Gasteiger partial charge < -0.3 is 14.5 Å². The van der Waals surface area contributed by atoms with Crippen LogP contribution in [0.25, 0.3) is 0 Å². The molecule has 0 aromatic carbocycles. The predicted molar refractivity (Wildman–Crippen MR) is 57.8 cm³/mol. The van der Waals surface area contributed by atoms with Crippen molar-refractivity contribution in [2.75, 3.05) is 54.0 Å². The van der Waals surface area contributed by atoms with Gasteiger partial charge in [0, 0.05) is 39.2 Å². The zero-order chi connectivity index (χ0) is 11.1. The molecule has 0 amide bonds. The first-order chi connectivity index (χ1) is 7.07. The number of nitrogens with zero attached hydrogens (tertiary/aromatic N) is 2. The summed E-state index contributed by atoms with van der Waals surface area (Å²) >= 11 is 0. The van der Waals surface area contributed by atoms with Gasteiger partial charge in [0.15, 0.2) is 0 Å². The number of Topliss-reactive ketones (excluding diaryl/α,β-unsaturated/α-hetero) is 1. The van der Waals surface area contributed by atoms with Gasteiger partial charge in [0.1, 0.15) is 5.78 Å². The Kier molecular flexibility index (Phi) is 2.83. The fourth-order valence-corrected chi connectivity index (χ4v) is 3.22. The third kappa shape index (κ3) is 1.82. The summed E-state index contributed by atoms with van der Waals surface area (Å²) in [5, 5.41) is 0. The highest BCUT2D eigenvalue weighted by atomic mass is 16.5. The average Bonchev–Trinajstić information content (AvgIpc) is 2.10. The standard InChI is InChI=1S/C11H20N2O2/c1-12-4-9-5-13(2)7-11(6-12,8-15-3)10(9)14/h9H,4-8H2,1-3H3. The first-order valence-corrected chi connectivity index (χ1v) is 5.48. The number of carbonyl (C=O) groups is 1. The molecule has 15 heavy (non-hydrogen) atoms. The number of ketones is 1. The molecule has 0 spiro atoms. The summed E-state index contributed by atoms with van der Waals surface area (Å²) in [5.41, 5.74) is -0.278. The SMILES string of the molecule is COCC12CN(C)CC(CN(C)C1)C2=O. The minimum Gasteiger partial charge on any atom is -0.384 e. The van der Waals surface area contributed by atoms with Gasteiger partial charge in [-0.15, -0.1) is 0 Å². The maximum absolute atomic E-state index is 12.3. The lowest BCUT2D eigenvalue weighted by atomic mass is 9.71. The van der Waals surface area contributed by atoms with Gasteiger partial charge in [0.05, 0.1) is 12.0 Å². The van der Waals surface area contributed by atoms with Crippen molar-refractivity contribution in [2.24, 2.45) is 11.3 Å². The molecule has 2 fully saturated rings. The Morgan fingerprint density at radius 1 is 1.33 bits per heavy atom. The maximum Gasteiger partial charge on any atom is 0.149 e. The number of carbonyl (C=O) groups excluding carboxylic acids is 1. The van der Waals surface area contributed by atoms with Crippen molar-refractivity contribution in [1.29, 1.82) is 0 Å². The summed E-state index contributed by atoms with van der Waals surface area (Å²) in [6.45, 7) is 4.02. The van der Waals surface area contributed by atoms with Crippen LogP contribution in [0.4, 0.5) is 0 Å². The summed E-state index contributed by atoms with van der Waals surface area (Å²) in [7, 11) is 5.87. The van der Waals surface area contributed by atoms with E-state index in [1.165, 1.54) is 0 Å². The molecule has 0 unspecified atom stereocenters. The number of hydrogen-bond acceptors (Lipinski definition) is 4. The van der Waals surface area contributed by atoms with Crippen LogP contribution in [0.15, 0.2) is 0 Å². The molecule has 2 aliphatic rings. The molecule has 0 aromatic rings. The Hall–Kier alpha value is -0.450. The van der Waals surface area contributed by atoms with E-state index in [0.717, 1.165) is 26.2 Å². The minimum atomic E-state index is -0.278. The topological polar surface area (TPSA) is 32.8 Å². The molecule has 4 nitrogen and oxygen atoms in total. The number of rotatable bonds is 2. The van der Waals surface area contributed by atoms with Crippen molar-refractivity contribution in [3.05, 3.63) is 0 Å². The summed E-state index contributed by atoms with van der Waals surface area (Å²) in [5.74, 6) is 0.596. The molecule has 86 valence electrons. The highest BCUT2D eigenvalue weighted by Crippen LogP contribution is 2.34. The van der Waals surface area contributed by atoms with Crippen molar-refractivity contribution in [3.63, 3.8) is 0 Å². The van der Waals surface area contributed by atoms with Crippen molar-refractivity contribution in [2.45, 2.75) is 0 Å². The Bertz CT molecular complexity index is 253. The fourth-order valence-electron chi connectivity index (χ4n) is 3.22. The zero-order valence-electron chi connectivity index (χ0n) is 9.82. The molecule has 0 saturated carbocycles. The van der Waals surface area contributed by atoms with Crippen LogP contribution in [-0.4, -0.2) is 69.6 Å². The molecule has 2 aliphatic heterocycles. The van der Waals surface area contributed by atoms with Gasteiger partial charge in [-0.25, -0.2) is 0 Å². The van der Waals surface area contributed by atoms with E-state index >= 15 is 0 Å². The van der Waals surface area contributed by atoms with Crippen LogP contribution in [-0.2, 0) is 9.53 Å². The Balaban J connectivity index is 2.25. The van der Waals surface area contributed by atoms with Crippen molar-refractivity contribution >= 4 is 5.78 Å². The van der Waals surface area contributed by atoms with Crippen LogP contribution in [0, 0.1) is 11.3 Å². The van der Waals surface area contributed by atoms with Crippen LogP contribution < -0.4 is 0 Å². The van der Waals surface area contributed by atoms with E-state index in [2.05, 4.69) is 23.9 Å². The lowest BCUT2D eigenvalue weighted by Crippen LogP contribution is -2.64. The van der Waals surface area contributed by atoms with Gasteiger partial charge >= 0.3 is 0 Å². The molecule has 2 bridgehead atoms. The molecule has 0 N–H and O–H groups in total. The first kappa shape index (κ1) is 11.0.